The number of aromatic amines is 1. The molecular formula is C9H5BrFNO3. The highest BCUT2D eigenvalue weighted by molar-refractivity contribution is 9.10. The highest BCUT2D eigenvalue weighted by Crippen LogP contribution is 2.24. The molecule has 0 bridgehead atoms. The van der Waals surface area contributed by atoms with Gasteiger partial charge in [-0.15, -0.1) is 0 Å². The number of H-pyrrole nitrogens is 1. The molecule has 78 valence electrons. The van der Waals surface area contributed by atoms with E-state index in [-0.39, 0.29) is 10.9 Å². The van der Waals surface area contributed by atoms with Gasteiger partial charge in [0.05, 0.1) is 10.9 Å². The summed E-state index contributed by atoms with van der Waals surface area (Å²) >= 11 is 3.11. The number of hydrogen-bond acceptors (Lipinski definition) is 3. The van der Waals surface area contributed by atoms with Gasteiger partial charge in [0.25, 0.3) is 0 Å². The van der Waals surface area contributed by atoms with Crippen molar-refractivity contribution in [1.29, 1.82) is 0 Å². The van der Waals surface area contributed by atoms with Crippen molar-refractivity contribution in [2.75, 3.05) is 0 Å². The maximum Gasteiger partial charge on any atom is 0.419 e. The third-order valence-corrected chi connectivity index (χ3v) is 2.92. The van der Waals surface area contributed by atoms with Crippen LogP contribution in [0.25, 0.3) is 10.9 Å². The van der Waals surface area contributed by atoms with Crippen LogP contribution in [0, 0.1) is 12.7 Å². The first-order chi connectivity index (χ1) is 7.00. The summed E-state index contributed by atoms with van der Waals surface area (Å²) in [6.07, 6.45) is 0. The van der Waals surface area contributed by atoms with Crippen molar-refractivity contribution in [2.45, 2.75) is 6.92 Å². The first kappa shape index (κ1) is 10.1. The second-order valence-corrected chi connectivity index (χ2v) is 3.87. The average Bonchev–Trinajstić information content (AvgIpc) is 2.13. The lowest BCUT2D eigenvalue weighted by molar-refractivity contribution is 0.458. The zero-order valence-corrected chi connectivity index (χ0v) is 9.14. The molecular weight excluding hydrogens is 269 g/mol. The number of aromatic nitrogens is 1. The molecule has 0 spiro atoms. The summed E-state index contributed by atoms with van der Waals surface area (Å²) in [5.74, 6) is -1.64. The van der Waals surface area contributed by atoms with Crippen molar-refractivity contribution >= 4 is 26.8 Å². The Morgan fingerprint density at radius 3 is 2.80 bits per heavy atom. The van der Waals surface area contributed by atoms with Crippen molar-refractivity contribution in [2.24, 2.45) is 0 Å². The standard InChI is InChI=1S/C9H5BrFNO3/c1-3-4(10)2-5(11)7-6(3)8(13)15-9(14)12-7/h2H,1H3,(H,12,14). The number of fused-ring (bicyclic) bond motifs is 1. The topological polar surface area (TPSA) is 63.1 Å². The van der Waals surface area contributed by atoms with Crippen molar-refractivity contribution in [3.8, 4) is 0 Å². The number of halogens is 2. The zero-order chi connectivity index (χ0) is 11.2. The molecule has 0 amide bonds. The molecule has 1 N–H and O–H groups in total. The van der Waals surface area contributed by atoms with Gasteiger partial charge in [-0.05, 0) is 18.6 Å². The Kier molecular flexibility index (Phi) is 2.22. The third kappa shape index (κ3) is 1.50. The van der Waals surface area contributed by atoms with Gasteiger partial charge < -0.3 is 4.42 Å². The Labute approximate surface area is 90.9 Å². The Morgan fingerprint density at radius 2 is 2.13 bits per heavy atom. The van der Waals surface area contributed by atoms with Crippen LogP contribution in [-0.2, 0) is 0 Å². The minimum atomic E-state index is -0.965. The van der Waals surface area contributed by atoms with E-state index >= 15 is 0 Å². The maximum atomic E-state index is 13.4. The number of benzene rings is 1. The van der Waals surface area contributed by atoms with E-state index in [1.54, 1.807) is 6.92 Å². The van der Waals surface area contributed by atoms with Gasteiger partial charge >= 0.3 is 11.4 Å². The second-order valence-electron chi connectivity index (χ2n) is 3.02. The van der Waals surface area contributed by atoms with Crippen LogP contribution in [0.5, 0.6) is 0 Å². The molecule has 0 saturated carbocycles. The molecule has 0 fully saturated rings. The Hall–Kier alpha value is -1.43. The molecule has 4 nitrogen and oxygen atoms in total. The van der Waals surface area contributed by atoms with Crippen molar-refractivity contribution in [3.63, 3.8) is 0 Å². The average molecular weight is 274 g/mol. The van der Waals surface area contributed by atoms with E-state index in [0.29, 0.717) is 10.0 Å². The van der Waals surface area contributed by atoms with E-state index in [9.17, 15) is 14.0 Å². The normalized spacial score (nSPS) is 10.9. The van der Waals surface area contributed by atoms with E-state index < -0.39 is 17.2 Å². The van der Waals surface area contributed by atoms with Crippen molar-refractivity contribution in [1.82, 2.24) is 4.98 Å². The lowest BCUT2D eigenvalue weighted by Gasteiger charge is -2.03. The molecule has 0 radical (unpaired) electrons. The molecule has 0 aliphatic heterocycles. The summed E-state index contributed by atoms with van der Waals surface area (Å²) in [6, 6.07) is 1.19. The van der Waals surface area contributed by atoms with Crippen LogP contribution in [0.2, 0.25) is 0 Å². The second kappa shape index (κ2) is 3.30. The summed E-state index contributed by atoms with van der Waals surface area (Å²) in [6.45, 7) is 1.63. The summed E-state index contributed by atoms with van der Waals surface area (Å²) < 4.78 is 18.2. The number of rotatable bonds is 0. The van der Waals surface area contributed by atoms with Crippen LogP contribution >= 0.6 is 15.9 Å². The van der Waals surface area contributed by atoms with E-state index in [1.807, 2.05) is 0 Å². The summed E-state index contributed by atoms with van der Waals surface area (Å²) in [5, 5.41) is 0.0430. The first-order valence-electron chi connectivity index (χ1n) is 4.02. The van der Waals surface area contributed by atoms with Gasteiger partial charge in [-0.2, -0.15) is 0 Å². The van der Waals surface area contributed by atoms with Crippen LogP contribution in [0.1, 0.15) is 5.56 Å². The molecule has 0 unspecified atom stereocenters. The quantitative estimate of drug-likeness (QED) is 0.795. The van der Waals surface area contributed by atoms with Crippen LogP contribution < -0.4 is 11.4 Å². The largest absolute Gasteiger partial charge is 0.419 e. The molecule has 0 aliphatic carbocycles. The molecule has 6 heteroatoms. The van der Waals surface area contributed by atoms with Gasteiger partial charge in [-0.25, -0.2) is 14.0 Å². The number of hydrogen-bond donors (Lipinski definition) is 1. The maximum absolute atomic E-state index is 13.4. The summed E-state index contributed by atoms with van der Waals surface area (Å²) in [4.78, 5) is 24.4. The zero-order valence-electron chi connectivity index (χ0n) is 7.56. The Morgan fingerprint density at radius 1 is 1.47 bits per heavy atom. The number of nitrogens with one attached hydrogen (secondary N) is 1. The first-order valence-corrected chi connectivity index (χ1v) is 4.81. The number of aryl methyl sites for hydroxylation is 1. The smallest absolute Gasteiger partial charge is 0.372 e. The van der Waals surface area contributed by atoms with Crippen molar-refractivity contribution in [3.05, 3.63) is 42.9 Å². The summed E-state index contributed by atoms with van der Waals surface area (Å²) in [7, 11) is 0. The monoisotopic (exact) mass is 273 g/mol. The van der Waals surface area contributed by atoms with Crippen LogP contribution in [-0.4, -0.2) is 4.98 Å². The molecule has 0 saturated heterocycles. The van der Waals surface area contributed by atoms with Gasteiger partial charge in [-0.3, -0.25) is 4.98 Å². The van der Waals surface area contributed by atoms with E-state index in [1.165, 1.54) is 6.07 Å². The van der Waals surface area contributed by atoms with Crippen LogP contribution in [0.4, 0.5) is 4.39 Å². The third-order valence-electron chi connectivity index (χ3n) is 2.09. The Bertz CT molecular complexity index is 659. The van der Waals surface area contributed by atoms with Gasteiger partial charge in [0, 0.05) is 4.47 Å². The fourth-order valence-electron chi connectivity index (χ4n) is 1.36. The fourth-order valence-corrected chi connectivity index (χ4v) is 1.76. The molecule has 1 aromatic carbocycles. The highest BCUT2D eigenvalue weighted by atomic mass is 79.9. The lowest BCUT2D eigenvalue weighted by Crippen LogP contribution is -2.16. The van der Waals surface area contributed by atoms with Crippen LogP contribution in [0.15, 0.2) is 24.5 Å². The molecule has 15 heavy (non-hydrogen) atoms. The van der Waals surface area contributed by atoms with Crippen LogP contribution in [0.3, 0.4) is 0 Å². The van der Waals surface area contributed by atoms with Crippen molar-refractivity contribution < 1.29 is 8.81 Å². The van der Waals surface area contributed by atoms with E-state index in [4.69, 9.17) is 0 Å². The lowest BCUT2D eigenvalue weighted by atomic mass is 10.1. The molecule has 0 atom stereocenters. The molecule has 2 rings (SSSR count). The predicted molar refractivity (Wildman–Crippen MR) is 55.5 cm³/mol. The molecule has 1 heterocycles. The molecule has 2 aromatic rings. The van der Waals surface area contributed by atoms with E-state index in [2.05, 4.69) is 25.3 Å². The van der Waals surface area contributed by atoms with Gasteiger partial charge in [0.15, 0.2) is 0 Å². The summed E-state index contributed by atoms with van der Waals surface area (Å²) in [5.41, 5.74) is -0.445. The van der Waals surface area contributed by atoms with Gasteiger partial charge in [0.1, 0.15) is 5.82 Å². The highest BCUT2D eigenvalue weighted by Gasteiger charge is 2.13. The Balaban J connectivity index is 3.17. The SMILES string of the molecule is Cc1c(Br)cc(F)c2[nH]c(=O)oc(=O)c12. The molecule has 1 aromatic heterocycles. The fraction of sp³-hybridized carbons (Fsp3) is 0.111. The predicted octanol–water partition coefficient (Wildman–Crippen LogP) is 1.69. The van der Waals surface area contributed by atoms with Gasteiger partial charge in [0.2, 0.25) is 0 Å². The molecule has 0 aliphatic rings. The minimum Gasteiger partial charge on any atom is -0.372 e. The van der Waals surface area contributed by atoms with E-state index in [0.717, 1.165) is 0 Å². The van der Waals surface area contributed by atoms with Gasteiger partial charge in [-0.1, -0.05) is 15.9 Å². The minimum absolute atomic E-state index is 0.0430.